The molecule has 0 aliphatic carbocycles. The summed E-state index contributed by atoms with van der Waals surface area (Å²) in [5, 5.41) is 4.40. The third-order valence-corrected chi connectivity index (χ3v) is 3.66. The Bertz CT molecular complexity index is 648. The first-order valence-corrected chi connectivity index (χ1v) is 6.34. The average molecular weight is 266 g/mol. The fraction of sp³-hybridized carbons (Fsp3) is 0.538. The van der Waals surface area contributed by atoms with E-state index in [1.54, 1.807) is 9.42 Å². The molecule has 0 spiro atoms. The Kier molecular flexibility index (Phi) is 2.52. The van der Waals surface area contributed by atoms with Crippen molar-refractivity contribution in [3.63, 3.8) is 0 Å². The molecular weight excluding hydrogens is 250 g/mol. The molecule has 1 fully saturated rings. The number of anilines is 1. The van der Waals surface area contributed by atoms with Crippen LogP contribution in [0.25, 0.3) is 5.65 Å². The van der Waals surface area contributed by atoms with Crippen LogP contribution in [0.4, 0.5) is 14.5 Å². The molecule has 3 rings (SSSR count). The number of hydrogen-bond donors (Lipinski definition) is 0. The molecule has 0 saturated carbocycles. The first-order chi connectivity index (χ1) is 8.87. The summed E-state index contributed by atoms with van der Waals surface area (Å²) < 4.78 is 28.5. The van der Waals surface area contributed by atoms with Crippen molar-refractivity contribution in [2.45, 2.75) is 33.1 Å². The van der Waals surface area contributed by atoms with E-state index < -0.39 is 5.92 Å². The number of imidazole rings is 1. The monoisotopic (exact) mass is 266 g/mol. The van der Waals surface area contributed by atoms with E-state index in [2.05, 4.69) is 10.1 Å². The fourth-order valence-corrected chi connectivity index (χ4v) is 2.51. The molecule has 0 unspecified atom stereocenters. The summed E-state index contributed by atoms with van der Waals surface area (Å²) in [6.07, 6.45) is -0.0980. The average Bonchev–Trinajstić information content (AvgIpc) is 2.82. The summed E-state index contributed by atoms with van der Waals surface area (Å²) in [4.78, 5) is 6.16. The first kappa shape index (κ1) is 12.3. The third kappa shape index (κ3) is 1.95. The van der Waals surface area contributed by atoms with Crippen LogP contribution in [-0.2, 0) is 0 Å². The van der Waals surface area contributed by atoms with Crippen LogP contribution >= 0.6 is 0 Å². The Morgan fingerprint density at radius 2 is 2.00 bits per heavy atom. The van der Waals surface area contributed by atoms with Crippen molar-refractivity contribution in [3.8, 4) is 0 Å². The fourth-order valence-electron chi connectivity index (χ4n) is 2.51. The van der Waals surface area contributed by atoms with Crippen molar-refractivity contribution in [2.75, 3.05) is 18.0 Å². The molecule has 0 bridgehead atoms. The second kappa shape index (κ2) is 3.88. The summed E-state index contributed by atoms with van der Waals surface area (Å²) in [5.74, 6) is -2.61. The molecule has 4 nitrogen and oxygen atoms in total. The van der Waals surface area contributed by atoms with Crippen molar-refractivity contribution >= 4 is 11.3 Å². The minimum absolute atomic E-state index is 0.0980. The van der Waals surface area contributed by atoms with Gasteiger partial charge >= 0.3 is 0 Å². The van der Waals surface area contributed by atoms with E-state index in [0.29, 0.717) is 12.2 Å². The maximum absolute atomic E-state index is 13.4. The standard InChI is InChI=1S/C13H16F2N4/c1-8-6-11(18-5-4-13(14,15)7-18)12-16-9(2)10(3)19(12)17-8/h6H,4-5,7H2,1-3H3. The highest BCUT2D eigenvalue weighted by Gasteiger charge is 2.39. The van der Waals surface area contributed by atoms with Crippen LogP contribution in [0.5, 0.6) is 0 Å². The van der Waals surface area contributed by atoms with Gasteiger partial charge in [0.05, 0.1) is 29.3 Å². The van der Waals surface area contributed by atoms with Gasteiger partial charge in [-0.3, -0.25) is 0 Å². The Balaban J connectivity index is 2.16. The molecule has 0 atom stereocenters. The number of fused-ring (bicyclic) bond motifs is 1. The second-order valence-corrected chi connectivity index (χ2v) is 5.22. The molecule has 2 aromatic heterocycles. The van der Waals surface area contributed by atoms with E-state index in [0.717, 1.165) is 22.8 Å². The molecule has 1 aliphatic heterocycles. The topological polar surface area (TPSA) is 33.4 Å². The van der Waals surface area contributed by atoms with Crippen LogP contribution in [-0.4, -0.2) is 33.6 Å². The molecule has 0 radical (unpaired) electrons. The summed E-state index contributed by atoms with van der Waals surface area (Å²) >= 11 is 0. The molecule has 19 heavy (non-hydrogen) atoms. The zero-order valence-corrected chi connectivity index (χ0v) is 11.2. The molecule has 2 aromatic rings. The SMILES string of the molecule is Cc1cc(N2CCC(F)(F)C2)c2nc(C)c(C)n2n1. The zero-order valence-electron chi connectivity index (χ0n) is 11.2. The Morgan fingerprint density at radius 1 is 1.26 bits per heavy atom. The number of aryl methyl sites for hydroxylation is 3. The smallest absolute Gasteiger partial charge is 0.266 e. The van der Waals surface area contributed by atoms with E-state index in [1.165, 1.54) is 0 Å². The van der Waals surface area contributed by atoms with E-state index in [4.69, 9.17) is 0 Å². The number of halogens is 2. The Morgan fingerprint density at radius 3 is 2.63 bits per heavy atom. The van der Waals surface area contributed by atoms with Gasteiger partial charge in [-0.1, -0.05) is 0 Å². The van der Waals surface area contributed by atoms with Gasteiger partial charge in [-0.15, -0.1) is 0 Å². The molecule has 6 heteroatoms. The molecule has 3 heterocycles. The number of rotatable bonds is 1. The summed E-state index contributed by atoms with van der Waals surface area (Å²) in [7, 11) is 0. The minimum Gasteiger partial charge on any atom is -0.362 e. The van der Waals surface area contributed by atoms with Crippen LogP contribution < -0.4 is 4.90 Å². The lowest BCUT2D eigenvalue weighted by Gasteiger charge is -2.19. The Labute approximate surface area is 110 Å². The molecule has 0 aromatic carbocycles. The molecule has 102 valence electrons. The molecule has 0 N–H and O–H groups in total. The van der Waals surface area contributed by atoms with Gasteiger partial charge in [-0.05, 0) is 26.8 Å². The number of alkyl halides is 2. The lowest BCUT2D eigenvalue weighted by Crippen LogP contribution is -2.25. The predicted molar refractivity (Wildman–Crippen MR) is 69.0 cm³/mol. The largest absolute Gasteiger partial charge is 0.362 e. The van der Waals surface area contributed by atoms with Crippen LogP contribution in [0.2, 0.25) is 0 Å². The molecular formula is C13H16F2N4. The summed E-state index contributed by atoms with van der Waals surface area (Å²) in [5.41, 5.74) is 4.05. The van der Waals surface area contributed by atoms with E-state index >= 15 is 0 Å². The maximum Gasteiger partial charge on any atom is 0.266 e. The lowest BCUT2D eigenvalue weighted by atomic mass is 10.3. The van der Waals surface area contributed by atoms with E-state index in [9.17, 15) is 8.78 Å². The van der Waals surface area contributed by atoms with Crippen LogP contribution in [0.1, 0.15) is 23.5 Å². The highest BCUT2D eigenvalue weighted by molar-refractivity contribution is 5.70. The van der Waals surface area contributed by atoms with Crippen molar-refractivity contribution in [1.29, 1.82) is 0 Å². The van der Waals surface area contributed by atoms with Gasteiger partial charge in [-0.25, -0.2) is 18.3 Å². The summed E-state index contributed by atoms with van der Waals surface area (Å²) in [6.45, 7) is 5.83. The number of nitrogens with zero attached hydrogens (tertiary/aromatic N) is 4. The lowest BCUT2D eigenvalue weighted by molar-refractivity contribution is 0.0257. The predicted octanol–water partition coefficient (Wildman–Crippen LogP) is 2.50. The van der Waals surface area contributed by atoms with Crippen molar-refractivity contribution in [1.82, 2.24) is 14.6 Å². The maximum atomic E-state index is 13.4. The third-order valence-electron chi connectivity index (χ3n) is 3.66. The molecule has 1 saturated heterocycles. The second-order valence-electron chi connectivity index (χ2n) is 5.22. The van der Waals surface area contributed by atoms with Gasteiger partial charge < -0.3 is 4.90 Å². The first-order valence-electron chi connectivity index (χ1n) is 6.34. The zero-order chi connectivity index (χ0) is 13.8. The van der Waals surface area contributed by atoms with Crippen molar-refractivity contribution in [2.24, 2.45) is 0 Å². The quantitative estimate of drug-likeness (QED) is 0.795. The van der Waals surface area contributed by atoms with Gasteiger partial charge in [0, 0.05) is 13.0 Å². The van der Waals surface area contributed by atoms with Gasteiger partial charge in [-0.2, -0.15) is 5.10 Å². The van der Waals surface area contributed by atoms with E-state index in [-0.39, 0.29) is 13.0 Å². The molecule has 0 amide bonds. The van der Waals surface area contributed by atoms with Gasteiger partial charge in [0.1, 0.15) is 0 Å². The number of aromatic nitrogens is 3. The summed E-state index contributed by atoms with van der Waals surface area (Å²) in [6, 6.07) is 1.84. The van der Waals surface area contributed by atoms with Crippen molar-refractivity contribution in [3.05, 3.63) is 23.1 Å². The van der Waals surface area contributed by atoms with Crippen LogP contribution in [0, 0.1) is 20.8 Å². The minimum atomic E-state index is -2.61. The normalized spacial score (nSPS) is 18.5. The highest BCUT2D eigenvalue weighted by atomic mass is 19.3. The van der Waals surface area contributed by atoms with Gasteiger partial charge in [0.2, 0.25) is 0 Å². The van der Waals surface area contributed by atoms with Gasteiger partial charge in [0.15, 0.2) is 5.65 Å². The van der Waals surface area contributed by atoms with Crippen molar-refractivity contribution < 1.29 is 8.78 Å². The van der Waals surface area contributed by atoms with Crippen LogP contribution in [0.3, 0.4) is 0 Å². The van der Waals surface area contributed by atoms with Crippen LogP contribution in [0.15, 0.2) is 6.07 Å². The van der Waals surface area contributed by atoms with Gasteiger partial charge in [0.25, 0.3) is 5.92 Å². The highest BCUT2D eigenvalue weighted by Crippen LogP contribution is 2.33. The van der Waals surface area contributed by atoms with E-state index in [1.807, 2.05) is 26.8 Å². The Hall–Kier alpha value is -1.72. The molecule has 1 aliphatic rings. The number of hydrogen-bond acceptors (Lipinski definition) is 3.